The Labute approximate surface area is 248 Å². The van der Waals surface area contributed by atoms with Crippen molar-refractivity contribution in [2.75, 3.05) is 31.1 Å². The number of carbonyl (C=O) groups is 3. The number of primary amides is 1. The van der Waals surface area contributed by atoms with E-state index in [2.05, 4.69) is 4.98 Å². The second-order valence-corrected chi connectivity index (χ2v) is 11.5. The molecule has 1 fully saturated rings. The van der Waals surface area contributed by atoms with Crippen molar-refractivity contribution in [3.05, 3.63) is 94.3 Å². The number of alkyl halides is 3. The van der Waals surface area contributed by atoms with Crippen LogP contribution in [-0.4, -0.2) is 59.4 Å². The van der Waals surface area contributed by atoms with Crippen LogP contribution < -0.4 is 10.6 Å². The van der Waals surface area contributed by atoms with Crippen LogP contribution in [0.25, 0.3) is 0 Å². The fourth-order valence-corrected chi connectivity index (χ4v) is 5.00. The first-order valence-corrected chi connectivity index (χ1v) is 14.0. The third-order valence-corrected chi connectivity index (χ3v) is 7.07. The van der Waals surface area contributed by atoms with Crippen molar-refractivity contribution in [1.82, 2.24) is 9.88 Å². The third kappa shape index (κ3) is 8.33. The van der Waals surface area contributed by atoms with Gasteiger partial charge in [-0.1, -0.05) is 30.3 Å². The monoisotopic (exact) mass is 596 g/mol. The number of aryl methyl sites for hydroxylation is 2. The molecule has 228 valence electrons. The minimum Gasteiger partial charge on any atom is -0.444 e. The average Bonchev–Trinajstić information content (AvgIpc) is 2.95. The highest BCUT2D eigenvalue weighted by atomic mass is 19.4. The average molecular weight is 597 g/mol. The Morgan fingerprint density at radius 1 is 0.884 bits per heavy atom. The number of carbonyl (C=O) groups excluding carboxylic acids is 3. The zero-order valence-corrected chi connectivity index (χ0v) is 24.4. The number of rotatable bonds is 8. The number of Topliss-reactive ketones (excluding diaryl/α,β-unsaturated/α-hetero) is 1. The second kappa shape index (κ2) is 12.8. The Balaban J connectivity index is 1.48. The van der Waals surface area contributed by atoms with Crippen LogP contribution >= 0.6 is 0 Å². The Hall–Kier alpha value is -4.41. The van der Waals surface area contributed by atoms with Crippen molar-refractivity contribution in [3.8, 4) is 0 Å². The highest BCUT2D eigenvalue weighted by Crippen LogP contribution is 2.40. The number of ketones is 1. The third-order valence-electron chi connectivity index (χ3n) is 7.07. The maximum Gasteiger partial charge on any atom is 0.418 e. The smallest absolute Gasteiger partial charge is 0.418 e. The molecule has 4 rings (SSSR count). The molecule has 2 heterocycles. The molecule has 0 radical (unpaired) electrons. The van der Waals surface area contributed by atoms with Gasteiger partial charge in [0, 0.05) is 56.2 Å². The zero-order chi connectivity index (χ0) is 31.4. The summed E-state index contributed by atoms with van der Waals surface area (Å²) in [5.74, 6) is -1.01. The number of nitrogens with zero attached hydrogens (tertiary/aromatic N) is 3. The number of aromatic nitrogens is 1. The van der Waals surface area contributed by atoms with Crippen molar-refractivity contribution in [3.63, 3.8) is 0 Å². The first kappa shape index (κ1) is 31.5. The summed E-state index contributed by atoms with van der Waals surface area (Å²) in [6.07, 6.45) is -1.53. The molecule has 0 unspecified atom stereocenters. The molecule has 1 aliphatic heterocycles. The van der Waals surface area contributed by atoms with E-state index in [-0.39, 0.29) is 37.4 Å². The van der Waals surface area contributed by atoms with Gasteiger partial charge in [-0.2, -0.15) is 13.2 Å². The number of halogens is 3. The Bertz CT molecular complexity index is 1490. The number of hydrogen-bond donors (Lipinski definition) is 1. The van der Waals surface area contributed by atoms with Gasteiger partial charge in [-0.25, -0.2) is 4.79 Å². The predicted molar refractivity (Wildman–Crippen MR) is 156 cm³/mol. The molecule has 0 bridgehead atoms. The zero-order valence-electron chi connectivity index (χ0n) is 24.4. The quantitative estimate of drug-likeness (QED) is 0.346. The molecule has 1 aliphatic rings. The van der Waals surface area contributed by atoms with Gasteiger partial charge < -0.3 is 20.3 Å². The SMILES string of the molecule is CC(C)(C)OC(=O)N1CCN(c2cccc(CC(=O)c3cccc(CCc4cncc(C(N)=O)c4)c3)c2C(F)(F)F)CC1. The minimum atomic E-state index is -4.69. The molecule has 8 nitrogen and oxygen atoms in total. The molecule has 0 saturated carbocycles. The Kier molecular flexibility index (Phi) is 9.42. The summed E-state index contributed by atoms with van der Waals surface area (Å²) in [4.78, 5) is 44.2. The van der Waals surface area contributed by atoms with Gasteiger partial charge in [0.25, 0.3) is 0 Å². The molecule has 2 N–H and O–H groups in total. The number of benzene rings is 2. The van der Waals surface area contributed by atoms with Crippen LogP contribution in [-0.2, 0) is 30.2 Å². The number of nitrogens with two attached hydrogens (primary N) is 1. The molecule has 0 spiro atoms. The molecule has 11 heteroatoms. The van der Waals surface area contributed by atoms with Gasteiger partial charge >= 0.3 is 12.3 Å². The lowest BCUT2D eigenvalue weighted by Crippen LogP contribution is -2.50. The van der Waals surface area contributed by atoms with Crippen LogP contribution in [0.1, 0.15) is 63.7 Å². The van der Waals surface area contributed by atoms with Gasteiger partial charge in [-0.05, 0) is 68.5 Å². The van der Waals surface area contributed by atoms with Crippen molar-refractivity contribution < 1.29 is 32.3 Å². The first-order chi connectivity index (χ1) is 20.2. The maximum absolute atomic E-state index is 14.5. The molecule has 1 saturated heterocycles. The summed E-state index contributed by atoms with van der Waals surface area (Å²) in [6, 6.07) is 12.7. The summed E-state index contributed by atoms with van der Waals surface area (Å²) < 4.78 is 48.8. The standard InChI is InChI=1S/C32H35F3N4O4/c1-31(2,3)43-30(42)39-14-12-38(13-15-39)26-9-5-8-24(28(26)32(33,34)35)18-27(40)23-7-4-6-21(16-23)10-11-22-17-25(29(36)41)20-37-19-22/h4-9,16-17,19-20H,10-15,18H2,1-3H3,(H2,36,41). The fourth-order valence-electron chi connectivity index (χ4n) is 5.00. The summed E-state index contributed by atoms with van der Waals surface area (Å²) in [7, 11) is 0. The van der Waals surface area contributed by atoms with Crippen LogP contribution in [0.3, 0.4) is 0 Å². The maximum atomic E-state index is 14.5. The van der Waals surface area contributed by atoms with E-state index in [1.54, 1.807) is 56.1 Å². The van der Waals surface area contributed by atoms with E-state index in [1.165, 1.54) is 29.3 Å². The van der Waals surface area contributed by atoms with Gasteiger partial charge in [-0.3, -0.25) is 14.6 Å². The van der Waals surface area contributed by atoms with E-state index < -0.39 is 41.5 Å². The molecule has 2 amide bonds. The molecule has 0 aliphatic carbocycles. The van der Waals surface area contributed by atoms with Crippen molar-refractivity contribution in [1.29, 1.82) is 0 Å². The van der Waals surface area contributed by atoms with E-state index in [0.717, 1.165) is 11.1 Å². The van der Waals surface area contributed by atoms with Crippen LogP contribution in [0.2, 0.25) is 0 Å². The second-order valence-electron chi connectivity index (χ2n) is 11.5. The summed E-state index contributed by atoms with van der Waals surface area (Å²) in [6.45, 7) is 6.08. The van der Waals surface area contributed by atoms with Crippen LogP contribution in [0.5, 0.6) is 0 Å². The van der Waals surface area contributed by atoms with Gasteiger partial charge in [0.05, 0.1) is 11.1 Å². The largest absolute Gasteiger partial charge is 0.444 e. The Morgan fingerprint density at radius 3 is 2.19 bits per heavy atom. The fraction of sp³-hybridized carbons (Fsp3) is 0.375. The van der Waals surface area contributed by atoms with E-state index >= 15 is 0 Å². The number of pyridine rings is 1. The number of ether oxygens (including phenoxy) is 1. The first-order valence-electron chi connectivity index (χ1n) is 14.0. The topological polar surface area (TPSA) is 106 Å². The van der Waals surface area contributed by atoms with Crippen LogP contribution in [0.4, 0.5) is 23.7 Å². The molecule has 2 aromatic carbocycles. The summed E-state index contributed by atoms with van der Waals surface area (Å²) in [5.41, 5.74) is 5.92. The van der Waals surface area contributed by atoms with E-state index in [0.29, 0.717) is 24.0 Å². The van der Waals surface area contributed by atoms with Gasteiger partial charge in [0.2, 0.25) is 5.91 Å². The van der Waals surface area contributed by atoms with Crippen molar-refractivity contribution in [2.24, 2.45) is 5.73 Å². The Morgan fingerprint density at radius 2 is 1.53 bits per heavy atom. The van der Waals surface area contributed by atoms with Crippen molar-refractivity contribution >= 4 is 23.5 Å². The summed E-state index contributed by atoms with van der Waals surface area (Å²) >= 11 is 0. The van der Waals surface area contributed by atoms with E-state index in [1.807, 2.05) is 6.07 Å². The molecular formula is C32H35F3N4O4. The van der Waals surface area contributed by atoms with Gasteiger partial charge in [-0.15, -0.1) is 0 Å². The minimum absolute atomic E-state index is 0.0119. The lowest BCUT2D eigenvalue weighted by Gasteiger charge is -2.38. The number of anilines is 1. The molecule has 43 heavy (non-hydrogen) atoms. The van der Waals surface area contributed by atoms with Crippen LogP contribution in [0.15, 0.2) is 60.9 Å². The predicted octanol–water partition coefficient (Wildman–Crippen LogP) is 5.47. The summed E-state index contributed by atoms with van der Waals surface area (Å²) in [5, 5.41) is 0. The highest BCUT2D eigenvalue weighted by molar-refractivity contribution is 5.98. The normalized spacial score (nSPS) is 14.0. The van der Waals surface area contributed by atoms with E-state index in [4.69, 9.17) is 10.5 Å². The van der Waals surface area contributed by atoms with Crippen molar-refractivity contribution in [2.45, 2.75) is 51.8 Å². The molecule has 1 aromatic heterocycles. The van der Waals surface area contributed by atoms with E-state index in [9.17, 15) is 27.6 Å². The molecular weight excluding hydrogens is 561 g/mol. The lowest BCUT2D eigenvalue weighted by molar-refractivity contribution is -0.137. The number of amides is 2. The van der Waals surface area contributed by atoms with Gasteiger partial charge in [0.15, 0.2) is 5.78 Å². The molecule has 3 aromatic rings. The number of piperazine rings is 1. The van der Waals surface area contributed by atoms with Crippen LogP contribution in [0, 0.1) is 0 Å². The highest BCUT2D eigenvalue weighted by Gasteiger charge is 2.39. The number of hydrogen-bond acceptors (Lipinski definition) is 6. The molecule has 0 atom stereocenters. The van der Waals surface area contributed by atoms with Gasteiger partial charge in [0.1, 0.15) is 5.60 Å². The lowest BCUT2D eigenvalue weighted by atomic mass is 9.95.